The lowest BCUT2D eigenvalue weighted by molar-refractivity contribution is -0.119. The topological polar surface area (TPSA) is 26.3 Å². The summed E-state index contributed by atoms with van der Waals surface area (Å²) in [6.45, 7) is 0.369. The maximum Gasteiger partial charge on any atom is 0.139 e. The summed E-state index contributed by atoms with van der Waals surface area (Å²) in [5, 5.41) is 0.334. The fourth-order valence-corrected chi connectivity index (χ4v) is 1.34. The number of hydrogen-bond donors (Lipinski definition) is 0. The van der Waals surface area contributed by atoms with Crippen molar-refractivity contribution in [1.82, 2.24) is 0 Å². The van der Waals surface area contributed by atoms with Crippen LogP contribution < -0.4 is 0 Å². The molecule has 0 heterocycles. The van der Waals surface area contributed by atoms with Gasteiger partial charge in [0.05, 0.1) is 6.61 Å². The molecule has 1 aromatic carbocycles. The van der Waals surface area contributed by atoms with E-state index in [0.717, 1.165) is 0 Å². The van der Waals surface area contributed by atoms with Gasteiger partial charge in [-0.3, -0.25) is 4.79 Å². The molecule has 0 saturated carbocycles. The molecule has 0 unspecified atom stereocenters. The molecule has 1 aromatic rings. The van der Waals surface area contributed by atoms with E-state index in [1.807, 2.05) is 0 Å². The number of carbonyl (C=O) groups excluding carboxylic acids is 1. The first-order valence-corrected chi connectivity index (χ1v) is 4.96. The van der Waals surface area contributed by atoms with Crippen molar-refractivity contribution in [2.24, 2.45) is 0 Å². The smallest absolute Gasteiger partial charge is 0.139 e. The van der Waals surface area contributed by atoms with Crippen molar-refractivity contribution in [2.45, 2.75) is 12.8 Å². The van der Waals surface area contributed by atoms with Crippen molar-refractivity contribution in [3.05, 3.63) is 34.6 Å². The van der Waals surface area contributed by atoms with Crippen molar-refractivity contribution in [1.29, 1.82) is 0 Å². The van der Waals surface area contributed by atoms with Gasteiger partial charge in [-0.1, -0.05) is 17.7 Å². The summed E-state index contributed by atoms with van der Waals surface area (Å²) in [4.78, 5) is 11.3. The molecule has 0 fully saturated rings. The third-order valence-corrected chi connectivity index (χ3v) is 2.22. The number of benzene rings is 1. The average molecular weight is 231 g/mol. The number of hydrogen-bond acceptors (Lipinski definition) is 2. The van der Waals surface area contributed by atoms with Gasteiger partial charge in [-0.15, -0.1) is 0 Å². The summed E-state index contributed by atoms with van der Waals surface area (Å²) >= 11 is 5.59. The molecular weight excluding hydrogens is 219 g/mol. The molecule has 1 rings (SSSR count). The number of rotatable bonds is 5. The first-order valence-electron chi connectivity index (χ1n) is 4.58. The average Bonchev–Trinajstić information content (AvgIpc) is 2.19. The van der Waals surface area contributed by atoms with Gasteiger partial charge in [0.2, 0.25) is 0 Å². The van der Waals surface area contributed by atoms with E-state index in [1.54, 1.807) is 6.07 Å². The van der Waals surface area contributed by atoms with Crippen molar-refractivity contribution in [3.8, 4) is 0 Å². The van der Waals surface area contributed by atoms with E-state index in [2.05, 4.69) is 0 Å². The lowest BCUT2D eigenvalue weighted by Gasteiger charge is -2.02. The molecule has 82 valence electrons. The second-order valence-electron chi connectivity index (χ2n) is 3.19. The lowest BCUT2D eigenvalue weighted by Crippen LogP contribution is -2.07. The van der Waals surface area contributed by atoms with Gasteiger partial charge in [-0.2, -0.15) is 0 Å². The zero-order valence-corrected chi connectivity index (χ0v) is 9.18. The van der Waals surface area contributed by atoms with Gasteiger partial charge < -0.3 is 4.74 Å². The predicted octanol–water partition coefficient (Wildman–Crippen LogP) is 2.63. The molecule has 0 aliphatic rings. The molecule has 0 aromatic heterocycles. The zero-order valence-electron chi connectivity index (χ0n) is 8.43. The first kappa shape index (κ1) is 12.1. The zero-order chi connectivity index (χ0) is 11.3. The summed E-state index contributed by atoms with van der Waals surface area (Å²) in [5.74, 6) is -0.480. The summed E-state index contributed by atoms with van der Waals surface area (Å²) < 4.78 is 18.0. The first-order chi connectivity index (χ1) is 7.13. The molecule has 0 spiro atoms. The number of ketones is 1. The highest BCUT2D eigenvalue weighted by Gasteiger charge is 2.08. The summed E-state index contributed by atoms with van der Waals surface area (Å²) in [6.07, 6.45) is 0.394. The van der Waals surface area contributed by atoms with E-state index in [4.69, 9.17) is 16.3 Å². The summed E-state index contributed by atoms with van der Waals surface area (Å²) in [7, 11) is 1.52. The molecule has 0 atom stereocenters. The van der Waals surface area contributed by atoms with Gasteiger partial charge in [0, 0.05) is 25.0 Å². The number of carbonyl (C=O) groups is 1. The van der Waals surface area contributed by atoms with E-state index in [0.29, 0.717) is 23.6 Å². The monoisotopic (exact) mass is 230 g/mol. The minimum Gasteiger partial charge on any atom is -0.384 e. The second-order valence-corrected chi connectivity index (χ2v) is 3.63. The minimum atomic E-state index is -0.437. The Bertz CT molecular complexity index is 352. The summed E-state index contributed by atoms with van der Waals surface area (Å²) in [5.41, 5.74) is 0.375. The largest absolute Gasteiger partial charge is 0.384 e. The maximum atomic E-state index is 13.3. The van der Waals surface area contributed by atoms with Crippen LogP contribution in [0.5, 0.6) is 0 Å². The fraction of sp³-hybridized carbons (Fsp3) is 0.364. The Hall–Kier alpha value is -0.930. The molecule has 15 heavy (non-hydrogen) atoms. The quantitative estimate of drug-likeness (QED) is 0.777. The lowest BCUT2D eigenvalue weighted by atomic mass is 10.1. The Balaban J connectivity index is 2.60. The Morgan fingerprint density at radius 1 is 1.53 bits per heavy atom. The standard InChI is InChI=1S/C11H12ClFO2/c1-15-5-4-10(14)6-8-2-3-9(12)7-11(8)13/h2-3,7H,4-6H2,1H3. The van der Waals surface area contributed by atoms with Crippen LogP contribution in [0.2, 0.25) is 5.02 Å². The molecule has 0 N–H and O–H groups in total. The van der Waals surface area contributed by atoms with Crippen molar-refractivity contribution >= 4 is 17.4 Å². The second kappa shape index (κ2) is 5.83. The molecule has 0 saturated heterocycles. The van der Waals surface area contributed by atoms with Crippen LogP contribution in [0.4, 0.5) is 4.39 Å². The van der Waals surface area contributed by atoms with Crippen LogP contribution in [0.3, 0.4) is 0 Å². The van der Waals surface area contributed by atoms with E-state index in [9.17, 15) is 9.18 Å². The van der Waals surface area contributed by atoms with Crippen molar-refractivity contribution in [3.63, 3.8) is 0 Å². The third kappa shape index (κ3) is 3.98. The molecular formula is C11H12ClFO2. The predicted molar refractivity (Wildman–Crippen MR) is 56.6 cm³/mol. The fourth-order valence-electron chi connectivity index (χ4n) is 1.18. The van der Waals surface area contributed by atoms with Gasteiger partial charge in [-0.05, 0) is 17.7 Å². The van der Waals surface area contributed by atoms with Crippen LogP contribution in [0.25, 0.3) is 0 Å². The highest BCUT2D eigenvalue weighted by atomic mass is 35.5. The third-order valence-electron chi connectivity index (χ3n) is 1.99. The SMILES string of the molecule is COCCC(=O)Cc1ccc(Cl)cc1F. The highest BCUT2D eigenvalue weighted by Crippen LogP contribution is 2.15. The van der Waals surface area contributed by atoms with Gasteiger partial charge in [0.1, 0.15) is 11.6 Å². The van der Waals surface area contributed by atoms with Crippen molar-refractivity contribution in [2.75, 3.05) is 13.7 Å². The van der Waals surface area contributed by atoms with Gasteiger partial charge >= 0.3 is 0 Å². The van der Waals surface area contributed by atoms with Crippen LogP contribution in [0.1, 0.15) is 12.0 Å². The van der Waals surface area contributed by atoms with Crippen LogP contribution in [-0.2, 0) is 16.0 Å². The summed E-state index contributed by atoms with van der Waals surface area (Å²) in [6, 6.07) is 4.31. The molecule has 0 bridgehead atoms. The number of halogens is 2. The normalized spacial score (nSPS) is 10.3. The van der Waals surface area contributed by atoms with Crippen molar-refractivity contribution < 1.29 is 13.9 Å². The maximum absolute atomic E-state index is 13.3. The van der Waals surface area contributed by atoms with Crippen LogP contribution in [-0.4, -0.2) is 19.5 Å². The van der Waals surface area contributed by atoms with E-state index in [-0.39, 0.29) is 12.2 Å². The Morgan fingerprint density at radius 2 is 2.27 bits per heavy atom. The molecule has 0 radical (unpaired) electrons. The van der Waals surface area contributed by atoms with E-state index >= 15 is 0 Å². The Kier molecular flexibility index (Phi) is 4.72. The highest BCUT2D eigenvalue weighted by molar-refractivity contribution is 6.30. The van der Waals surface area contributed by atoms with E-state index < -0.39 is 5.82 Å². The molecule has 4 heteroatoms. The van der Waals surface area contributed by atoms with Crippen LogP contribution in [0.15, 0.2) is 18.2 Å². The molecule has 2 nitrogen and oxygen atoms in total. The number of methoxy groups -OCH3 is 1. The minimum absolute atomic E-state index is 0.0435. The molecule has 0 aliphatic carbocycles. The molecule has 0 amide bonds. The van der Waals surface area contributed by atoms with E-state index in [1.165, 1.54) is 19.2 Å². The van der Waals surface area contributed by atoms with Crippen LogP contribution in [0, 0.1) is 5.82 Å². The van der Waals surface area contributed by atoms with Gasteiger partial charge in [-0.25, -0.2) is 4.39 Å². The number of ether oxygens (including phenoxy) is 1. The van der Waals surface area contributed by atoms with Gasteiger partial charge in [0.15, 0.2) is 0 Å². The van der Waals surface area contributed by atoms with Crippen LogP contribution >= 0.6 is 11.6 Å². The number of Topliss-reactive ketones (excluding diaryl/α,β-unsaturated/α-hetero) is 1. The van der Waals surface area contributed by atoms with Gasteiger partial charge in [0.25, 0.3) is 0 Å². The Labute approximate surface area is 93.0 Å². The Morgan fingerprint density at radius 3 is 2.87 bits per heavy atom. The molecule has 0 aliphatic heterocycles.